The predicted octanol–water partition coefficient (Wildman–Crippen LogP) is 1.78. The Morgan fingerprint density at radius 2 is 1.94 bits per heavy atom. The van der Waals surface area contributed by atoms with Crippen LogP contribution < -0.4 is 16.4 Å². The lowest BCUT2D eigenvalue weighted by Gasteiger charge is -2.29. The van der Waals surface area contributed by atoms with Gasteiger partial charge in [-0.05, 0) is 12.1 Å². The Bertz CT molecular complexity index is 1290. The van der Waals surface area contributed by atoms with Crippen molar-refractivity contribution in [1.29, 1.82) is 0 Å². The highest BCUT2D eigenvalue weighted by atomic mass is 19.1. The largest absolute Gasteiger partial charge is 0.402 e. The molecule has 0 bridgehead atoms. The second-order valence-electron chi connectivity index (χ2n) is 7.62. The molecule has 0 saturated carbocycles. The Morgan fingerprint density at radius 1 is 1.18 bits per heavy atom. The van der Waals surface area contributed by atoms with E-state index in [0.717, 1.165) is 6.20 Å². The van der Waals surface area contributed by atoms with E-state index in [1.807, 2.05) is 0 Å². The number of Topliss-reactive ketones (excluding diaryl/α,β-unsaturated/α-hetero) is 1. The summed E-state index contributed by atoms with van der Waals surface area (Å²) in [5.74, 6) is -2.05. The van der Waals surface area contributed by atoms with Crippen LogP contribution in [0.25, 0.3) is 11.5 Å². The van der Waals surface area contributed by atoms with Crippen molar-refractivity contribution in [2.24, 2.45) is 11.5 Å². The molecular weight excluding hydrogens is 432 g/mol. The minimum Gasteiger partial charge on any atom is -0.402 e. The van der Waals surface area contributed by atoms with E-state index in [0.29, 0.717) is 24.2 Å². The van der Waals surface area contributed by atoms with Crippen molar-refractivity contribution in [2.45, 2.75) is 19.9 Å². The molecule has 1 aromatic carbocycles. The van der Waals surface area contributed by atoms with Crippen LogP contribution in [0.5, 0.6) is 0 Å². The van der Waals surface area contributed by atoms with Crippen molar-refractivity contribution in [2.75, 3.05) is 18.0 Å². The Balaban J connectivity index is 1.70. The number of anilines is 1. The van der Waals surface area contributed by atoms with Crippen LogP contribution in [0, 0.1) is 11.6 Å². The molecule has 0 fully saturated rings. The molecule has 1 aliphatic rings. The van der Waals surface area contributed by atoms with Crippen LogP contribution in [0.3, 0.4) is 0 Å². The van der Waals surface area contributed by atoms with Gasteiger partial charge in [0.15, 0.2) is 23.2 Å². The van der Waals surface area contributed by atoms with Gasteiger partial charge in [0, 0.05) is 31.1 Å². The maximum absolute atomic E-state index is 14.6. The first-order valence-electron chi connectivity index (χ1n) is 10.1. The summed E-state index contributed by atoms with van der Waals surface area (Å²) in [6.45, 7) is 1.73. The van der Waals surface area contributed by atoms with Gasteiger partial charge in [0.1, 0.15) is 17.2 Å². The van der Waals surface area contributed by atoms with Crippen LogP contribution in [0.2, 0.25) is 0 Å². The maximum Gasteiger partial charge on any atom is 0.248 e. The molecule has 0 atom stereocenters. The van der Waals surface area contributed by atoms with E-state index in [-0.39, 0.29) is 47.5 Å². The number of nitrogens with zero attached hydrogens (tertiary/aromatic N) is 5. The number of hydrogen-bond donors (Lipinski definition) is 2. The molecule has 0 aliphatic carbocycles. The van der Waals surface area contributed by atoms with Crippen molar-refractivity contribution < 1.29 is 18.4 Å². The fraction of sp³-hybridized carbons (Fsp3) is 0.227. The molecular formula is C22H21F2N7O2. The Labute approximate surface area is 187 Å². The zero-order chi connectivity index (χ0) is 23.7. The number of amides is 1. The molecule has 11 heteroatoms. The number of primary amides is 1. The Hall–Kier alpha value is -4.15. The van der Waals surface area contributed by atoms with E-state index in [1.165, 1.54) is 23.7 Å². The third-order valence-corrected chi connectivity index (χ3v) is 5.36. The maximum atomic E-state index is 14.6. The first-order chi connectivity index (χ1) is 15.7. The summed E-state index contributed by atoms with van der Waals surface area (Å²) in [6.07, 6.45) is 1.31. The van der Waals surface area contributed by atoms with Gasteiger partial charge in [-0.2, -0.15) is 5.10 Å². The number of nitrogens with two attached hydrogens (primary N) is 2. The number of carbonyl (C=O) groups excluding carboxylic acids is 2. The van der Waals surface area contributed by atoms with Gasteiger partial charge >= 0.3 is 0 Å². The molecule has 3 heterocycles. The van der Waals surface area contributed by atoms with E-state index in [1.54, 1.807) is 23.1 Å². The fourth-order valence-electron chi connectivity index (χ4n) is 3.62. The molecule has 2 aromatic heterocycles. The van der Waals surface area contributed by atoms with Crippen molar-refractivity contribution in [3.05, 3.63) is 70.7 Å². The van der Waals surface area contributed by atoms with Crippen LogP contribution in [-0.4, -0.2) is 44.5 Å². The second kappa shape index (κ2) is 8.77. The van der Waals surface area contributed by atoms with Crippen molar-refractivity contribution in [3.63, 3.8) is 0 Å². The average Bonchev–Trinajstić information content (AvgIpc) is 3.20. The monoisotopic (exact) mass is 453 g/mol. The van der Waals surface area contributed by atoms with Gasteiger partial charge in [0.2, 0.25) is 5.91 Å². The molecule has 170 valence electrons. The second-order valence-corrected chi connectivity index (χ2v) is 7.62. The van der Waals surface area contributed by atoms with Crippen molar-refractivity contribution in [1.82, 2.24) is 19.7 Å². The molecule has 33 heavy (non-hydrogen) atoms. The van der Waals surface area contributed by atoms with Gasteiger partial charge in [-0.25, -0.2) is 18.7 Å². The molecule has 1 amide bonds. The van der Waals surface area contributed by atoms with E-state index < -0.39 is 17.5 Å². The third kappa shape index (κ3) is 4.43. The Kier molecular flexibility index (Phi) is 5.86. The van der Waals surface area contributed by atoms with Crippen LogP contribution in [0.4, 0.5) is 14.6 Å². The lowest BCUT2D eigenvalue weighted by molar-refractivity contribution is -0.114. The Morgan fingerprint density at radius 3 is 2.64 bits per heavy atom. The number of ketones is 1. The smallest absolute Gasteiger partial charge is 0.248 e. The molecule has 9 nitrogen and oxygen atoms in total. The lowest BCUT2D eigenvalue weighted by atomic mass is 10.1. The first-order valence-corrected chi connectivity index (χ1v) is 10.1. The van der Waals surface area contributed by atoms with E-state index in [9.17, 15) is 18.4 Å². The predicted molar refractivity (Wildman–Crippen MR) is 116 cm³/mol. The summed E-state index contributed by atoms with van der Waals surface area (Å²) < 4.78 is 30.1. The molecule has 4 N–H and O–H groups in total. The summed E-state index contributed by atoms with van der Waals surface area (Å²) in [5, 5.41) is 4.37. The van der Waals surface area contributed by atoms with E-state index in [2.05, 4.69) is 15.1 Å². The van der Waals surface area contributed by atoms with Crippen LogP contribution in [0.15, 0.2) is 47.8 Å². The summed E-state index contributed by atoms with van der Waals surface area (Å²) in [6, 6.07) is 7.65. The van der Waals surface area contributed by atoms with E-state index in [4.69, 9.17) is 11.5 Å². The summed E-state index contributed by atoms with van der Waals surface area (Å²) in [7, 11) is 0. The zero-order valence-corrected chi connectivity index (χ0v) is 17.8. The highest BCUT2D eigenvalue weighted by Crippen LogP contribution is 2.25. The van der Waals surface area contributed by atoms with Crippen LogP contribution in [-0.2, 0) is 11.3 Å². The van der Waals surface area contributed by atoms with Gasteiger partial charge in [0.25, 0.3) is 0 Å². The van der Waals surface area contributed by atoms with Crippen molar-refractivity contribution in [3.8, 4) is 11.5 Å². The molecule has 0 unspecified atom stereocenters. The summed E-state index contributed by atoms with van der Waals surface area (Å²) in [4.78, 5) is 33.7. The minimum atomic E-state index is -0.694. The normalized spacial score (nSPS) is 14.0. The van der Waals surface area contributed by atoms with Crippen molar-refractivity contribution >= 4 is 17.5 Å². The van der Waals surface area contributed by atoms with Gasteiger partial charge in [-0.1, -0.05) is 18.2 Å². The van der Waals surface area contributed by atoms with Gasteiger partial charge in [-0.15, -0.1) is 0 Å². The number of benzene rings is 1. The quantitative estimate of drug-likeness (QED) is 0.544. The zero-order valence-electron chi connectivity index (χ0n) is 17.8. The SMILES string of the molecule is CC(=O)c1cc(-c2ncc(F)c(N3CCC(N)=C(C(N)=O)C3)n2)nn1Cc1ccccc1F. The molecule has 0 spiro atoms. The number of halogens is 2. The van der Waals surface area contributed by atoms with Crippen LogP contribution in [0.1, 0.15) is 29.4 Å². The number of carbonyl (C=O) groups is 2. The lowest BCUT2D eigenvalue weighted by Crippen LogP contribution is -2.38. The molecule has 0 saturated heterocycles. The van der Waals surface area contributed by atoms with Gasteiger partial charge in [-0.3, -0.25) is 14.3 Å². The number of hydrogen-bond acceptors (Lipinski definition) is 7. The fourth-order valence-corrected chi connectivity index (χ4v) is 3.62. The standard InChI is InChI=1S/C22H21F2N7O2/c1-12(32)19-8-18(29-31(19)10-13-4-2-3-5-15(13)23)21-27-9-16(24)22(28-21)30-7-6-17(25)14(11-30)20(26)33/h2-5,8-9H,6-7,10-11,25H2,1H3,(H2,26,33). The van der Waals surface area contributed by atoms with Gasteiger partial charge < -0.3 is 16.4 Å². The van der Waals surface area contributed by atoms with E-state index >= 15 is 0 Å². The molecule has 1 aliphatic heterocycles. The molecule has 3 aromatic rings. The topological polar surface area (TPSA) is 133 Å². The average molecular weight is 453 g/mol. The van der Waals surface area contributed by atoms with Crippen LogP contribution >= 0.6 is 0 Å². The highest BCUT2D eigenvalue weighted by molar-refractivity contribution is 5.94. The number of rotatable bonds is 6. The minimum absolute atomic E-state index is 0.00889. The summed E-state index contributed by atoms with van der Waals surface area (Å²) in [5.41, 5.74) is 12.6. The highest BCUT2D eigenvalue weighted by Gasteiger charge is 2.25. The van der Waals surface area contributed by atoms with Gasteiger partial charge in [0.05, 0.1) is 24.9 Å². The third-order valence-electron chi connectivity index (χ3n) is 5.36. The molecule has 0 radical (unpaired) electrons. The molecule has 4 rings (SSSR count). The first kappa shape index (κ1) is 22.1. The summed E-state index contributed by atoms with van der Waals surface area (Å²) >= 11 is 0. The number of aromatic nitrogens is 4.